The van der Waals surface area contributed by atoms with E-state index in [1.807, 2.05) is 25.1 Å². The van der Waals surface area contributed by atoms with Crippen LogP contribution in [-0.4, -0.2) is 39.9 Å². The molecule has 0 aliphatic heterocycles. The van der Waals surface area contributed by atoms with Crippen molar-refractivity contribution in [2.75, 3.05) is 26.0 Å². The third-order valence-corrected chi connectivity index (χ3v) is 5.36. The number of furan rings is 1. The van der Waals surface area contributed by atoms with E-state index in [4.69, 9.17) is 4.42 Å². The highest BCUT2D eigenvalue weighted by molar-refractivity contribution is 7.89. The molecule has 0 spiro atoms. The summed E-state index contributed by atoms with van der Waals surface area (Å²) in [6.07, 6.45) is 1.56. The first-order valence-electron chi connectivity index (χ1n) is 8.31. The lowest BCUT2D eigenvalue weighted by Gasteiger charge is -2.22. The second-order valence-corrected chi connectivity index (χ2v) is 8.28. The van der Waals surface area contributed by atoms with Crippen LogP contribution in [0, 0.1) is 5.92 Å². The number of hydrogen-bond donors (Lipinski definition) is 2. The minimum atomic E-state index is -3.67. The largest absolute Gasteiger partial charge is 0.468 e. The van der Waals surface area contributed by atoms with Crippen LogP contribution in [0.2, 0.25) is 0 Å². The number of nitrogens with one attached hydrogen (secondary N) is 2. The Bertz CT molecular complexity index is 813. The molecule has 0 bridgehead atoms. The van der Waals surface area contributed by atoms with Crippen molar-refractivity contribution in [1.29, 1.82) is 0 Å². The number of sulfonamides is 1. The molecule has 2 aromatic rings. The number of nitrogens with zero attached hydrogens (tertiary/aromatic N) is 1. The Labute approximate surface area is 154 Å². The molecule has 0 saturated carbocycles. The SMILES string of the molecule is CC(C)C(=O)Nc1ccc(S(=O)(=O)NCC(c2ccco2)N(C)C)cc1. The minimum absolute atomic E-state index is 0.119. The molecule has 142 valence electrons. The lowest BCUT2D eigenvalue weighted by Crippen LogP contribution is -2.34. The van der Waals surface area contributed by atoms with Crippen LogP contribution in [0.4, 0.5) is 5.69 Å². The number of carbonyl (C=O) groups excluding carboxylic acids is 1. The Balaban J connectivity index is 2.06. The molecule has 2 N–H and O–H groups in total. The van der Waals surface area contributed by atoms with E-state index >= 15 is 0 Å². The molecule has 7 nitrogen and oxygen atoms in total. The van der Waals surface area contributed by atoms with Gasteiger partial charge in [-0.05, 0) is 50.5 Å². The molecule has 0 aliphatic carbocycles. The summed E-state index contributed by atoms with van der Waals surface area (Å²) in [5.41, 5.74) is 0.560. The third kappa shape index (κ3) is 5.17. The van der Waals surface area contributed by atoms with Crippen molar-refractivity contribution in [3.8, 4) is 0 Å². The summed E-state index contributed by atoms with van der Waals surface area (Å²) in [4.78, 5) is 13.7. The maximum atomic E-state index is 12.5. The number of anilines is 1. The first kappa shape index (κ1) is 20.2. The highest BCUT2D eigenvalue weighted by Gasteiger charge is 2.21. The van der Waals surface area contributed by atoms with E-state index in [9.17, 15) is 13.2 Å². The highest BCUT2D eigenvalue weighted by Crippen LogP contribution is 2.19. The zero-order valence-electron chi connectivity index (χ0n) is 15.4. The van der Waals surface area contributed by atoms with Crippen molar-refractivity contribution in [2.24, 2.45) is 5.92 Å². The summed E-state index contributed by atoms with van der Waals surface area (Å²) in [5, 5.41) is 2.73. The van der Waals surface area contributed by atoms with E-state index in [0.29, 0.717) is 11.4 Å². The maximum absolute atomic E-state index is 12.5. The zero-order valence-corrected chi connectivity index (χ0v) is 16.2. The molecule has 1 aromatic heterocycles. The molecule has 0 fully saturated rings. The Kier molecular flexibility index (Phi) is 6.57. The molecular weight excluding hydrogens is 354 g/mol. The fourth-order valence-electron chi connectivity index (χ4n) is 2.29. The standard InChI is InChI=1S/C18H25N3O4S/c1-13(2)18(22)20-14-7-9-15(10-8-14)26(23,24)19-12-16(21(3)4)17-6-5-11-25-17/h5-11,13,16,19H,12H2,1-4H3,(H,20,22). The summed E-state index contributed by atoms with van der Waals surface area (Å²) >= 11 is 0. The Morgan fingerprint density at radius 1 is 1.15 bits per heavy atom. The maximum Gasteiger partial charge on any atom is 0.240 e. The molecule has 0 aliphatic rings. The van der Waals surface area contributed by atoms with Gasteiger partial charge in [0.1, 0.15) is 5.76 Å². The van der Waals surface area contributed by atoms with Gasteiger partial charge < -0.3 is 9.73 Å². The molecule has 1 aromatic carbocycles. The van der Waals surface area contributed by atoms with Crippen molar-refractivity contribution in [1.82, 2.24) is 9.62 Å². The van der Waals surface area contributed by atoms with E-state index in [2.05, 4.69) is 10.0 Å². The summed E-state index contributed by atoms with van der Waals surface area (Å²) in [7, 11) is 0.0372. The Hall–Kier alpha value is -2.16. The smallest absolute Gasteiger partial charge is 0.240 e. The number of rotatable bonds is 8. The summed E-state index contributed by atoms with van der Waals surface area (Å²) in [6, 6.07) is 9.45. The van der Waals surface area contributed by atoms with Crippen molar-refractivity contribution < 1.29 is 17.6 Å². The van der Waals surface area contributed by atoms with Crippen LogP contribution < -0.4 is 10.0 Å². The van der Waals surface area contributed by atoms with Gasteiger partial charge in [-0.15, -0.1) is 0 Å². The number of benzene rings is 1. The van der Waals surface area contributed by atoms with Crippen LogP contribution in [0.1, 0.15) is 25.6 Å². The lowest BCUT2D eigenvalue weighted by molar-refractivity contribution is -0.118. The van der Waals surface area contributed by atoms with Crippen molar-refractivity contribution in [3.63, 3.8) is 0 Å². The van der Waals surface area contributed by atoms with Crippen molar-refractivity contribution in [2.45, 2.75) is 24.8 Å². The van der Waals surface area contributed by atoms with Crippen LogP contribution >= 0.6 is 0 Å². The molecular formula is C18H25N3O4S. The van der Waals surface area contributed by atoms with Gasteiger partial charge in [0.2, 0.25) is 15.9 Å². The predicted octanol–water partition coefficient (Wildman–Crippen LogP) is 2.46. The molecule has 26 heavy (non-hydrogen) atoms. The molecule has 1 unspecified atom stereocenters. The Morgan fingerprint density at radius 2 is 1.81 bits per heavy atom. The molecule has 8 heteroatoms. The third-order valence-electron chi connectivity index (χ3n) is 3.92. The lowest BCUT2D eigenvalue weighted by atomic mass is 10.2. The van der Waals surface area contributed by atoms with Crippen LogP contribution in [0.25, 0.3) is 0 Å². The number of likely N-dealkylation sites (N-methyl/N-ethyl adjacent to an activating group) is 1. The summed E-state index contributed by atoms with van der Waals surface area (Å²) < 4.78 is 33.0. The first-order chi connectivity index (χ1) is 12.2. The average Bonchev–Trinajstić information content (AvgIpc) is 3.09. The zero-order chi connectivity index (χ0) is 19.3. The first-order valence-corrected chi connectivity index (χ1v) is 9.79. The van der Waals surface area contributed by atoms with Crippen molar-refractivity contribution >= 4 is 21.6 Å². The molecule has 1 amide bonds. The topological polar surface area (TPSA) is 91.6 Å². The van der Waals surface area contributed by atoms with Gasteiger partial charge in [-0.1, -0.05) is 13.8 Å². The van der Waals surface area contributed by atoms with E-state index in [-0.39, 0.29) is 29.3 Å². The average molecular weight is 379 g/mol. The van der Waals surface area contributed by atoms with Crippen LogP contribution in [0.3, 0.4) is 0 Å². The second kappa shape index (κ2) is 8.48. The number of hydrogen-bond acceptors (Lipinski definition) is 5. The van der Waals surface area contributed by atoms with Crippen LogP contribution in [-0.2, 0) is 14.8 Å². The van der Waals surface area contributed by atoms with Gasteiger partial charge in [0.25, 0.3) is 0 Å². The number of amides is 1. The molecule has 1 atom stereocenters. The summed E-state index contributed by atoms with van der Waals surface area (Å²) in [6.45, 7) is 3.76. The van der Waals surface area contributed by atoms with Gasteiger partial charge in [0, 0.05) is 18.2 Å². The van der Waals surface area contributed by atoms with E-state index in [1.165, 1.54) is 12.1 Å². The molecule has 0 radical (unpaired) electrons. The van der Waals surface area contributed by atoms with Gasteiger partial charge in [0.15, 0.2) is 0 Å². The van der Waals surface area contributed by atoms with Gasteiger partial charge >= 0.3 is 0 Å². The Morgan fingerprint density at radius 3 is 2.31 bits per heavy atom. The van der Waals surface area contributed by atoms with Crippen LogP contribution in [0.15, 0.2) is 52.0 Å². The second-order valence-electron chi connectivity index (χ2n) is 6.52. The predicted molar refractivity (Wildman–Crippen MR) is 100 cm³/mol. The normalized spacial score (nSPS) is 13.2. The summed E-state index contributed by atoms with van der Waals surface area (Å²) in [5.74, 6) is 0.417. The fourth-order valence-corrected chi connectivity index (χ4v) is 3.33. The quantitative estimate of drug-likeness (QED) is 0.735. The molecule has 0 saturated heterocycles. The minimum Gasteiger partial charge on any atom is -0.468 e. The van der Waals surface area contributed by atoms with E-state index in [1.54, 1.807) is 38.3 Å². The van der Waals surface area contributed by atoms with E-state index < -0.39 is 10.0 Å². The molecule has 2 rings (SSSR count). The monoisotopic (exact) mass is 379 g/mol. The van der Waals surface area contributed by atoms with Gasteiger partial charge in [0.05, 0.1) is 17.2 Å². The van der Waals surface area contributed by atoms with E-state index in [0.717, 1.165) is 0 Å². The molecule has 1 heterocycles. The fraction of sp³-hybridized carbons (Fsp3) is 0.389. The van der Waals surface area contributed by atoms with Gasteiger partial charge in [-0.2, -0.15) is 0 Å². The van der Waals surface area contributed by atoms with Gasteiger partial charge in [-0.3, -0.25) is 9.69 Å². The van der Waals surface area contributed by atoms with Crippen LogP contribution in [0.5, 0.6) is 0 Å². The van der Waals surface area contributed by atoms with Crippen molar-refractivity contribution in [3.05, 3.63) is 48.4 Å². The number of carbonyl (C=O) groups is 1. The van der Waals surface area contributed by atoms with Gasteiger partial charge in [-0.25, -0.2) is 13.1 Å². The highest BCUT2D eigenvalue weighted by atomic mass is 32.2.